The van der Waals surface area contributed by atoms with Crippen LogP contribution in [0.4, 0.5) is 5.69 Å². The van der Waals surface area contributed by atoms with Crippen LogP contribution in [0.2, 0.25) is 0 Å². The molecule has 0 saturated carbocycles. The van der Waals surface area contributed by atoms with Crippen LogP contribution in [-0.4, -0.2) is 25.7 Å². The lowest BCUT2D eigenvalue weighted by Crippen LogP contribution is -2.19. The Morgan fingerprint density at radius 2 is 1.73 bits per heavy atom. The minimum Gasteiger partial charge on any atom is -0.492 e. The molecule has 30 heavy (non-hydrogen) atoms. The number of thioether (sulfide) groups is 1. The van der Waals surface area contributed by atoms with Crippen molar-refractivity contribution in [3.05, 3.63) is 78.4 Å². The molecule has 0 bridgehead atoms. The van der Waals surface area contributed by atoms with Gasteiger partial charge in [-0.05, 0) is 42.8 Å². The van der Waals surface area contributed by atoms with E-state index < -0.39 is 5.25 Å². The van der Waals surface area contributed by atoms with Gasteiger partial charge >= 0.3 is 0 Å². The first-order valence-corrected chi connectivity index (χ1v) is 10.8. The third-order valence-corrected chi connectivity index (χ3v) is 5.80. The van der Waals surface area contributed by atoms with Crippen molar-refractivity contribution < 1.29 is 19.0 Å². The van der Waals surface area contributed by atoms with Crippen molar-refractivity contribution in [3.63, 3.8) is 0 Å². The van der Waals surface area contributed by atoms with Crippen LogP contribution < -0.4 is 19.5 Å². The fraction of sp³-hybridized carbons (Fsp3) is 0.208. The predicted molar refractivity (Wildman–Crippen MR) is 119 cm³/mol. The second kappa shape index (κ2) is 9.59. The Morgan fingerprint density at radius 1 is 1.00 bits per heavy atom. The molecule has 5 nitrogen and oxygen atoms in total. The molecule has 1 N–H and O–H groups in total. The zero-order chi connectivity index (χ0) is 20.8. The molecule has 0 aromatic heterocycles. The summed E-state index contributed by atoms with van der Waals surface area (Å²) in [6.07, 6.45) is 0. The zero-order valence-corrected chi connectivity index (χ0v) is 17.5. The normalized spacial score (nSPS) is 13.4. The number of carbonyl (C=O) groups is 1. The van der Waals surface area contributed by atoms with Gasteiger partial charge in [0.1, 0.15) is 24.2 Å². The van der Waals surface area contributed by atoms with Gasteiger partial charge in [-0.2, -0.15) is 0 Å². The van der Waals surface area contributed by atoms with E-state index in [1.54, 1.807) is 0 Å². The molecule has 1 atom stereocenters. The van der Waals surface area contributed by atoms with Gasteiger partial charge in [-0.3, -0.25) is 4.79 Å². The van der Waals surface area contributed by atoms with E-state index in [0.29, 0.717) is 37.0 Å². The smallest absolute Gasteiger partial charge is 0.242 e. The Kier molecular flexibility index (Phi) is 6.44. The quantitative estimate of drug-likeness (QED) is 0.523. The molecule has 0 radical (unpaired) electrons. The molecule has 1 aliphatic heterocycles. The van der Waals surface area contributed by atoms with E-state index in [2.05, 4.69) is 5.32 Å². The van der Waals surface area contributed by atoms with E-state index in [1.165, 1.54) is 11.8 Å². The minimum absolute atomic E-state index is 0.117. The summed E-state index contributed by atoms with van der Waals surface area (Å²) in [4.78, 5) is 14.3. The van der Waals surface area contributed by atoms with Gasteiger partial charge in [-0.25, -0.2) is 0 Å². The van der Waals surface area contributed by atoms with Gasteiger partial charge in [-0.1, -0.05) is 42.5 Å². The van der Waals surface area contributed by atoms with Crippen LogP contribution in [-0.2, 0) is 4.79 Å². The van der Waals surface area contributed by atoms with Gasteiger partial charge in [-0.15, -0.1) is 11.8 Å². The number of benzene rings is 3. The topological polar surface area (TPSA) is 56.8 Å². The number of fused-ring (bicyclic) bond motifs is 1. The number of ether oxygens (including phenoxy) is 3. The molecule has 154 valence electrons. The summed E-state index contributed by atoms with van der Waals surface area (Å²) in [7, 11) is 0. The van der Waals surface area contributed by atoms with Crippen molar-refractivity contribution in [2.24, 2.45) is 0 Å². The highest BCUT2D eigenvalue weighted by Gasteiger charge is 2.24. The number of para-hydroxylation sites is 2. The maximum Gasteiger partial charge on any atom is 0.242 e. The van der Waals surface area contributed by atoms with Gasteiger partial charge in [0, 0.05) is 4.90 Å². The number of carbonyl (C=O) groups excluding carboxylic acids is 1. The Labute approximate surface area is 180 Å². The van der Waals surface area contributed by atoms with Gasteiger partial charge < -0.3 is 19.5 Å². The average molecular weight is 422 g/mol. The Balaban J connectivity index is 1.60. The molecule has 3 aromatic rings. The first-order chi connectivity index (χ1) is 14.7. The highest BCUT2D eigenvalue weighted by Crippen LogP contribution is 2.41. The van der Waals surface area contributed by atoms with Crippen LogP contribution in [0, 0.1) is 0 Å². The number of rotatable bonds is 7. The molecule has 0 spiro atoms. The SMILES string of the molecule is CCOc1ccccc1NC(=O)[C@H](Sc1ccc2c(c1)OCCO2)c1ccccc1. The summed E-state index contributed by atoms with van der Waals surface area (Å²) in [5.41, 5.74) is 1.58. The summed E-state index contributed by atoms with van der Waals surface area (Å²) in [5.74, 6) is 1.98. The molecule has 0 unspecified atom stereocenters. The van der Waals surface area contributed by atoms with Crippen LogP contribution in [0.3, 0.4) is 0 Å². The molecule has 0 fully saturated rings. The molecular formula is C24H23NO4S. The lowest BCUT2D eigenvalue weighted by atomic mass is 10.1. The number of nitrogens with one attached hydrogen (secondary N) is 1. The van der Waals surface area contributed by atoms with Crippen LogP contribution in [0.1, 0.15) is 17.7 Å². The molecule has 4 rings (SSSR count). The fourth-order valence-corrected chi connectivity index (χ4v) is 4.24. The molecule has 3 aromatic carbocycles. The maximum absolute atomic E-state index is 13.3. The van der Waals surface area contributed by atoms with Crippen molar-refractivity contribution in [2.45, 2.75) is 17.1 Å². The highest BCUT2D eigenvalue weighted by molar-refractivity contribution is 8.00. The largest absolute Gasteiger partial charge is 0.492 e. The third kappa shape index (κ3) is 4.71. The van der Waals surface area contributed by atoms with Crippen LogP contribution in [0.25, 0.3) is 0 Å². The van der Waals surface area contributed by atoms with Crippen LogP contribution in [0.5, 0.6) is 17.2 Å². The number of anilines is 1. The number of amides is 1. The first kappa shape index (κ1) is 20.2. The summed E-state index contributed by atoms with van der Waals surface area (Å²) < 4.78 is 16.9. The Bertz CT molecular complexity index is 1010. The number of hydrogen-bond acceptors (Lipinski definition) is 5. The number of hydrogen-bond donors (Lipinski definition) is 1. The van der Waals surface area contributed by atoms with Gasteiger partial charge in [0.25, 0.3) is 0 Å². The molecule has 1 amide bonds. The molecular weight excluding hydrogens is 398 g/mol. The Morgan fingerprint density at radius 3 is 2.53 bits per heavy atom. The van der Waals surface area contributed by atoms with Crippen LogP contribution >= 0.6 is 11.8 Å². The summed E-state index contributed by atoms with van der Waals surface area (Å²) in [6.45, 7) is 3.52. The van der Waals surface area contributed by atoms with Crippen LogP contribution in [0.15, 0.2) is 77.7 Å². The molecule has 6 heteroatoms. The molecule has 1 aliphatic rings. The van der Waals surface area contributed by atoms with E-state index in [1.807, 2.05) is 79.7 Å². The summed E-state index contributed by atoms with van der Waals surface area (Å²) in [6, 6.07) is 23.0. The summed E-state index contributed by atoms with van der Waals surface area (Å²) in [5, 5.41) is 2.59. The zero-order valence-electron chi connectivity index (χ0n) is 16.7. The van der Waals surface area contributed by atoms with E-state index in [-0.39, 0.29) is 5.91 Å². The van der Waals surface area contributed by atoms with Crippen molar-refractivity contribution in [2.75, 3.05) is 25.1 Å². The molecule has 0 aliphatic carbocycles. The highest BCUT2D eigenvalue weighted by atomic mass is 32.2. The predicted octanol–water partition coefficient (Wildman–Crippen LogP) is 5.33. The summed E-state index contributed by atoms with van der Waals surface area (Å²) >= 11 is 1.47. The van der Waals surface area contributed by atoms with Gasteiger partial charge in [0.15, 0.2) is 11.5 Å². The van der Waals surface area contributed by atoms with Gasteiger partial charge in [0.2, 0.25) is 5.91 Å². The van der Waals surface area contributed by atoms with E-state index in [0.717, 1.165) is 16.2 Å². The van der Waals surface area contributed by atoms with Gasteiger partial charge in [0.05, 0.1) is 12.3 Å². The minimum atomic E-state index is -0.441. The molecule has 1 heterocycles. The standard InChI is InChI=1S/C24H23NO4S/c1-2-27-20-11-7-6-10-19(20)25-24(26)23(17-8-4-3-5-9-17)30-18-12-13-21-22(16-18)29-15-14-28-21/h3-13,16,23H,2,14-15H2,1H3,(H,25,26)/t23-/m1/s1. The second-order valence-electron chi connectivity index (χ2n) is 6.63. The molecule has 0 saturated heterocycles. The van der Waals surface area contributed by atoms with E-state index in [9.17, 15) is 4.79 Å². The monoisotopic (exact) mass is 421 g/mol. The fourth-order valence-electron chi connectivity index (χ4n) is 3.18. The maximum atomic E-state index is 13.3. The van der Waals surface area contributed by atoms with E-state index in [4.69, 9.17) is 14.2 Å². The van der Waals surface area contributed by atoms with Crippen molar-refractivity contribution in [3.8, 4) is 17.2 Å². The second-order valence-corrected chi connectivity index (χ2v) is 7.81. The first-order valence-electron chi connectivity index (χ1n) is 9.88. The van der Waals surface area contributed by atoms with Crippen molar-refractivity contribution >= 4 is 23.4 Å². The lowest BCUT2D eigenvalue weighted by molar-refractivity contribution is -0.115. The third-order valence-electron chi connectivity index (χ3n) is 4.55. The Hall–Kier alpha value is -3.12. The van der Waals surface area contributed by atoms with Crippen molar-refractivity contribution in [1.29, 1.82) is 0 Å². The van der Waals surface area contributed by atoms with E-state index >= 15 is 0 Å². The average Bonchev–Trinajstić information content (AvgIpc) is 2.79. The lowest BCUT2D eigenvalue weighted by Gasteiger charge is -2.21. The van der Waals surface area contributed by atoms with Crippen molar-refractivity contribution in [1.82, 2.24) is 0 Å².